The second-order valence-corrected chi connectivity index (χ2v) is 7.92. The molecule has 3 rings (SSSR count). The summed E-state index contributed by atoms with van der Waals surface area (Å²) in [6, 6.07) is 8.00. The van der Waals surface area contributed by atoms with Crippen molar-refractivity contribution in [2.75, 3.05) is 6.54 Å². The monoisotopic (exact) mass is 421 g/mol. The fourth-order valence-corrected chi connectivity index (χ4v) is 3.39. The van der Waals surface area contributed by atoms with Crippen LogP contribution in [0, 0.1) is 5.92 Å². The number of carbonyl (C=O) groups is 2. The first-order valence-electron chi connectivity index (χ1n) is 9.97. The Morgan fingerprint density at radius 2 is 1.93 bits per heavy atom. The SMILES string of the molecule is CC(=O)c1cnc2n1CCN(C(=O)C(F)C(C)C)C2.CCCc1ccccc1Cl. The molecule has 2 heterocycles. The Kier molecular flexibility index (Phi) is 8.38. The van der Waals surface area contributed by atoms with Gasteiger partial charge in [-0.25, -0.2) is 9.37 Å². The molecule has 1 aliphatic heterocycles. The molecule has 0 N–H and O–H groups in total. The highest BCUT2D eigenvalue weighted by atomic mass is 35.5. The number of Topliss-reactive ketones (excluding diaryl/α,β-unsaturated/α-hetero) is 1. The molecule has 0 fully saturated rings. The van der Waals surface area contributed by atoms with E-state index in [0.29, 0.717) is 24.6 Å². The highest BCUT2D eigenvalue weighted by Gasteiger charge is 2.30. The molecule has 1 unspecified atom stereocenters. The first-order chi connectivity index (χ1) is 13.8. The fourth-order valence-electron chi connectivity index (χ4n) is 3.16. The molecule has 158 valence electrons. The molecule has 29 heavy (non-hydrogen) atoms. The lowest BCUT2D eigenvalue weighted by Crippen LogP contribution is -2.44. The van der Waals surface area contributed by atoms with Crippen molar-refractivity contribution >= 4 is 23.3 Å². The summed E-state index contributed by atoms with van der Waals surface area (Å²) in [4.78, 5) is 28.9. The molecule has 2 aromatic rings. The van der Waals surface area contributed by atoms with E-state index in [0.717, 1.165) is 17.9 Å². The number of nitrogens with zero attached hydrogens (tertiary/aromatic N) is 3. The zero-order valence-electron chi connectivity index (χ0n) is 17.5. The topological polar surface area (TPSA) is 55.2 Å². The van der Waals surface area contributed by atoms with Crippen LogP contribution < -0.4 is 0 Å². The number of rotatable bonds is 5. The highest BCUT2D eigenvalue weighted by Crippen LogP contribution is 2.18. The van der Waals surface area contributed by atoms with E-state index >= 15 is 0 Å². The van der Waals surface area contributed by atoms with Crippen LogP contribution in [0.3, 0.4) is 0 Å². The predicted octanol–water partition coefficient (Wildman–Crippen LogP) is 4.71. The molecular formula is C22H29ClFN3O2. The van der Waals surface area contributed by atoms with Gasteiger partial charge < -0.3 is 9.47 Å². The molecule has 1 aliphatic rings. The average molecular weight is 422 g/mol. The minimum Gasteiger partial charge on any atom is -0.331 e. The van der Waals surface area contributed by atoms with Crippen LogP contribution in [0.25, 0.3) is 0 Å². The van der Waals surface area contributed by atoms with Gasteiger partial charge in [-0.15, -0.1) is 0 Å². The first-order valence-corrected chi connectivity index (χ1v) is 10.4. The van der Waals surface area contributed by atoms with E-state index < -0.39 is 12.1 Å². The Bertz CT molecular complexity index is 850. The van der Waals surface area contributed by atoms with E-state index in [2.05, 4.69) is 18.0 Å². The van der Waals surface area contributed by atoms with Crippen molar-refractivity contribution in [2.45, 2.75) is 59.8 Å². The Balaban J connectivity index is 0.000000253. The third-order valence-electron chi connectivity index (χ3n) is 4.83. The summed E-state index contributed by atoms with van der Waals surface area (Å²) in [5.41, 5.74) is 1.80. The smallest absolute Gasteiger partial charge is 0.257 e. The number of hydrogen-bond donors (Lipinski definition) is 0. The van der Waals surface area contributed by atoms with Crippen LogP contribution in [0.2, 0.25) is 5.02 Å². The van der Waals surface area contributed by atoms with Gasteiger partial charge in [0.05, 0.1) is 12.7 Å². The number of benzene rings is 1. The Labute approximate surface area is 176 Å². The van der Waals surface area contributed by atoms with Crippen LogP contribution in [0.1, 0.15) is 56.0 Å². The molecule has 0 radical (unpaired) electrons. The number of carbonyl (C=O) groups excluding carboxylic acids is 2. The lowest BCUT2D eigenvalue weighted by molar-refractivity contribution is -0.139. The van der Waals surface area contributed by atoms with Crippen molar-refractivity contribution in [3.05, 3.63) is 52.6 Å². The third kappa shape index (κ3) is 5.89. The minimum absolute atomic E-state index is 0.0518. The van der Waals surface area contributed by atoms with Crippen molar-refractivity contribution in [3.8, 4) is 0 Å². The van der Waals surface area contributed by atoms with Crippen LogP contribution in [0.4, 0.5) is 4.39 Å². The van der Waals surface area contributed by atoms with Crippen LogP contribution in [0.15, 0.2) is 30.5 Å². The number of hydrogen-bond acceptors (Lipinski definition) is 3. The van der Waals surface area contributed by atoms with E-state index in [1.165, 1.54) is 23.6 Å². The molecule has 1 aromatic heterocycles. The van der Waals surface area contributed by atoms with Gasteiger partial charge in [0.1, 0.15) is 11.5 Å². The molecule has 0 bridgehead atoms. The number of alkyl halides is 1. The number of amides is 1. The van der Waals surface area contributed by atoms with Crippen molar-refractivity contribution in [1.82, 2.24) is 14.5 Å². The van der Waals surface area contributed by atoms with Crippen LogP contribution in [-0.4, -0.2) is 38.9 Å². The van der Waals surface area contributed by atoms with Crippen molar-refractivity contribution in [2.24, 2.45) is 5.92 Å². The van der Waals surface area contributed by atoms with E-state index in [1.807, 2.05) is 18.2 Å². The Morgan fingerprint density at radius 3 is 2.52 bits per heavy atom. The molecule has 0 aliphatic carbocycles. The van der Waals surface area contributed by atoms with Gasteiger partial charge in [0.15, 0.2) is 12.0 Å². The molecule has 1 amide bonds. The number of fused-ring (bicyclic) bond motifs is 1. The van der Waals surface area contributed by atoms with Gasteiger partial charge in [0.25, 0.3) is 5.91 Å². The maximum atomic E-state index is 13.7. The standard InChI is InChI=1S/C13H18FN3O2.C9H11Cl/c1-8(2)12(14)13(19)16-4-5-17-10(9(3)18)6-15-11(17)7-16;1-2-5-8-6-3-4-7-9(8)10/h6,8,12H,4-5,7H2,1-3H3;3-4,6-7H,2,5H2,1H3. The van der Waals surface area contributed by atoms with Gasteiger partial charge in [-0.2, -0.15) is 0 Å². The summed E-state index contributed by atoms with van der Waals surface area (Å²) in [5, 5.41) is 0.893. The number of halogens is 2. The molecule has 0 saturated carbocycles. The van der Waals surface area contributed by atoms with E-state index in [-0.39, 0.29) is 18.2 Å². The van der Waals surface area contributed by atoms with Gasteiger partial charge in [0.2, 0.25) is 0 Å². The molecule has 0 saturated heterocycles. The van der Waals surface area contributed by atoms with Crippen LogP contribution in [-0.2, 0) is 24.3 Å². The minimum atomic E-state index is -1.48. The van der Waals surface area contributed by atoms with E-state index in [4.69, 9.17) is 11.6 Å². The van der Waals surface area contributed by atoms with Gasteiger partial charge >= 0.3 is 0 Å². The van der Waals surface area contributed by atoms with Crippen molar-refractivity contribution in [3.63, 3.8) is 0 Å². The molecule has 1 atom stereocenters. The lowest BCUT2D eigenvalue weighted by Gasteiger charge is -2.30. The number of ketones is 1. The van der Waals surface area contributed by atoms with Gasteiger partial charge in [-0.3, -0.25) is 9.59 Å². The van der Waals surface area contributed by atoms with Crippen molar-refractivity contribution < 1.29 is 14.0 Å². The summed E-state index contributed by atoms with van der Waals surface area (Å²) in [6.45, 7) is 8.17. The normalized spacial score (nSPS) is 14.1. The summed E-state index contributed by atoms with van der Waals surface area (Å²) < 4.78 is 15.5. The van der Waals surface area contributed by atoms with Crippen LogP contribution in [0.5, 0.6) is 0 Å². The number of aromatic nitrogens is 2. The summed E-state index contributed by atoms with van der Waals surface area (Å²) in [7, 11) is 0. The second-order valence-electron chi connectivity index (χ2n) is 7.51. The maximum absolute atomic E-state index is 13.7. The van der Waals surface area contributed by atoms with E-state index in [1.54, 1.807) is 18.4 Å². The second kappa shape index (κ2) is 10.5. The molecule has 0 spiro atoms. The predicted molar refractivity (Wildman–Crippen MR) is 113 cm³/mol. The largest absolute Gasteiger partial charge is 0.331 e. The zero-order chi connectivity index (χ0) is 21.6. The zero-order valence-corrected chi connectivity index (χ0v) is 18.2. The van der Waals surface area contributed by atoms with Gasteiger partial charge in [0, 0.05) is 25.0 Å². The summed E-state index contributed by atoms with van der Waals surface area (Å²) >= 11 is 5.90. The average Bonchev–Trinajstić information content (AvgIpc) is 3.12. The maximum Gasteiger partial charge on any atom is 0.257 e. The molecule has 7 heteroatoms. The highest BCUT2D eigenvalue weighted by molar-refractivity contribution is 6.31. The van der Waals surface area contributed by atoms with Crippen molar-refractivity contribution in [1.29, 1.82) is 0 Å². The van der Waals surface area contributed by atoms with Gasteiger partial charge in [-0.1, -0.05) is 57.0 Å². The summed E-state index contributed by atoms with van der Waals surface area (Å²) in [6.07, 6.45) is 2.28. The van der Waals surface area contributed by atoms with E-state index in [9.17, 15) is 14.0 Å². The number of imidazole rings is 1. The third-order valence-corrected chi connectivity index (χ3v) is 5.20. The van der Waals surface area contributed by atoms with Gasteiger partial charge in [-0.05, 0) is 24.0 Å². The fraction of sp³-hybridized carbons (Fsp3) is 0.500. The quantitative estimate of drug-likeness (QED) is 0.656. The Hall–Kier alpha value is -2.21. The molecule has 1 aromatic carbocycles. The first kappa shape index (κ1) is 23.1. The lowest BCUT2D eigenvalue weighted by atomic mass is 10.1. The Morgan fingerprint density at radius 1 is 1.24 bits per heavy atom. The van der Waals surface area contributed by atoms with Crippen LogP contribution >= 0.6 is 11.6 Å². The number of aryl methyl sites for hydroxylation is 1. The summed E-state index contributed by atoms with van der Waals surface area (Å²) in [5.74, 6) is -0.236. The molecule has 5 nitrogen and oxygen atoms in total. The molecular weight excluding hydrogens is 393 g/mol.